The molecule has 0 atom stereocenters. The van der Waals surface area contributed by atoms with Gasteiger partial charge in [-0.05, 0) is 29.8 Å². The summed E-state index contributed by atoms with van der Waals surface area (Å²) in [6, 6.07) is 10.5. The van der Waals surface area contributed by atoms with Crippen molar-refractivity contribution in [2.45, 2.75) is 0 Å². The molecule has 0 amide bonds. The van der Waals surface area contributed by atoms with E-state index in [4.69, 9.17) is 0 Å². The third-order valence-electron chi connectivity index (χ3n) is 3.62. The Labute approximate surface area is 143 Å². The number of benzene rings is 1. The minimum atomic E-state index is 0.177. The topological polar surface area (TPSA) is 111 Å². The predicted molar refractivity (Wildman–Crippen MR) is 94.7 cm³/mol. The van der Waals surface area contributed by atoms with Crippen molar-refractivity contribution in [2.75, 3.05) is 22.7 Å². The molecule has 2 aromatic heterocycles. The van der Waals surface area contributed by atoms with Crippen molar-refractivity contribution in [3.8, 4) is 5.75 Å². The Bertz CT molecular complexity index is 958. The average Bonchev–Trinajstić information content (AvgIpc) is 2.62. The summed E-state index contributed by atoms with van der Waals surface area (Å²) >= 11 is 0. The SMILES string of the molecule is CN1c2cccnc2Nc2nnc(NN=Cc3cccc(O)c3)nc21. The van der Waals surface area contributed by atoms with E-state index in [9.17, 15) is 5.11 Å². The molecule has 1 aromatic carbocycles. The lowest BCUT2D eigenvalue weighted by atomic mass is 10.2. The molecule has 25 heavy (non-hydrogen) atoms. The van der Waals surface area contributed by atoms with E-state index in [-0.39, 0.29) is 11.7 Å². The number of anilines is 5. The molecule has 1 aliphatic rings. The second kappa shape index (κ2) is 6.04. The van der Waals surface area contributed by atoms with Gasteiger partial charge in [0.1, 0.15) is 5.75 Å². The van der Waals surface area contributed by atoms with E-state index >= 15 is 0 Å². The van der Waals surface area contributed by atoms with Gasteiger partial charge in [-0.25, -0.2) is 10.4 Å². The summed E-state index contributed by atoms with van der Waals surface area (Å²) in [6.45, 7) is 0. The molecule has 0 radical (unpaired) electrons. The fourth-order valence-electron chi connectivity index (χ4n) is 2.44. The maximum Gasteiger partial charge on any atom is 0.265 e. The highest BCUT2D eigenvalue weighted by molar-refractivity contribution is 5.85. The number of hydrogen-bond acceptors (Lipinski definition) is 9. The molecule has 0 spiro atoms. The van der Waals surface area contributed by atoms with Crippen molar-refractivity contribution >= 4 is 35.3 Å². The summed E-state index contributed by atoms with van der Waals surface area (Å²) in [5.41, 5.74) is 4.38. The van der Waals surface area contributed by atoms with Gasteiger partial charge in [0.2, 0.25) is 0 Å². The lowest BCUT2D eigenvalue weighted by Crippen LogP contribution is -2.21. The van der Waals surface area contributed by atoms with Gasteiger partial charge >= 0.3 is 0 Å². The zero-order chi connectivity index (χ0) is 17.2. The van der Waals surface area contributed by atoms with E-state index in [2.05, 4.69) is 36.0 Å². The lowest BCUT2D eigenvalue weighted by Gasteiger charge is -2.27. The van der Waals surface area contributed by atoms with Gasteiger partial charge < -0.3 is 15.3 Å². The van der Waals surface area contributed by atoms with Crippen molar-refractivity contribution in [1.29, 1.82) is 0 Å². The van der Waals surface area contributed by atoms with E-state index in [1.54, 1.807) is 30.6 Å². The number of pyridine rings is 1. The maximum atomic E-state index is 9.44. The molecule has 4 rings (SSSR count). The summed E-state index contributed by atoms with van der Waals surface area (Å²) in [7, 11) is 1.88. The van der Waals surface area contributed by atoms with E-state index in [0.29, 0.717) is 17.5 Å². The van der Waals surface area contributed by atoms with Gasteiger partial charge in [0, 0.05) is 13.2 Å². The van der Waals surface area contributed by atoms with Crippen molar-refractivity contribution in [3.05, 3.63) is 48.2 Å². The molecule has 9 heteroatoms. The Balaban J connectivity index is 1.55. The van der Waals surface area contributed by atoms with Crippen LogP contribution in [0.1, 0.15) is 5.56 Å². The quantitative estimate of drug-likeness (QED) is 0.494. The zero-order valence-electron chi connectivity index (χ0n) is 13.2. The number of fused-ring (bicyclic) bond motifs is 2. The Morgan fingerprint density at radius 2 is 2.12 bits per heavy atom. The molecule has 0 bridgehead atoms. The van der Waals surface area contributed by atoms with Crippen molar-refractivity contribution in [1.82, 2.24) is 20.2 Å². The molecule has 0 saturated heterocycles. The molecule has 3 N–H and O–H groups in total. The number of hydrogen-bond donors (Lipinski definition) is 3. The summed E-state index contributed by atoms with van der Waals surface area (Å²) in [5, 5.41) is 24.7. The molecule has 124 valence electrons. The number of phenols is 1. The van der Waals surface area contributed by atoms with E-state index < -0.39 is 0 Å². The monoisotopic (exact) mass is 334 g/mol. The zero-order valence-corrected chi connectivity index (χ0v) is 13.2. The summed E-state index contributed by atoms with van der Waals surface area (Å²) in [5.74, 6) is 2.28. The van der Waals surface area contributed by atoms with Gasteiger partial charge in [0.05, 0.1) is 11.9 Å². The van der Waals surface area contributed by atoms with Gasteiger partial charge in [-0.1, -0.05) is 12.1 Å². The fraction of sp³-hybridized carbons (Fsp3) is 0.0625. The van der Waals surface area contributed by atoms with Crippen molar-refractivity contribution < 1.29 is 5.11 Å². The van der Waals surface area contributed by atoms with Crippen LogP contribution in [0.4, 0.5) is 29.1 Å². The number of aromatic hydroxyl groups is 1. The number of hydrazone groups is 1. The number of nitrogens with one attached hydrogen (secondary N) is 2. The van der Waals surface area contributed by atoms with E-state index in [1.165, 1.54) is 0 Å². The highest BCUT2D eigenvalue weighted by Gasteiger charge is 2.23. The fourth-order valence-corrected chi connectivity index (χ4v) is 2.44. The first-order valence-electron chi connectivity index (χ1n) is 7.49. The van der Waals surface area contributed by atoms with Gasteiger partial charge in [-0.2, -0.15) is 10.1 Å². The van der Waals surface area contributed by atoms with Crippen LogP contribution < -0.4 is 15.6 Å². The molecular formula is C16H14N8O. The highest BCUT2D eigenvalue weighted by atomic mass is 16.3. The molecule has 0 saturated carbocycles. The van der Waals surface area contributed by atoms with Gasteiger partial charge in [-0.3, -0.25) is 0 Å². The number of rotatable bonds is 3. The lowest BCUT2D eigenvalue weighted by molar-refractivity contribution is 0.475. The van der Waals surface area contributed by atoms with Gasteiger partial charge in [-0.15, -0.1) is 10.2 Å². The Hall–Kier alpha value is -3.75. The van der Waals surface area contributed by atoms with Gasteiger partial charge in [0.15, 0.2) is 17.5 Å². The smallest absolute Gasteiger partial charge is 0.265 e. The number of nitrogens with zero attached hydrogens (tertiary/aromatic N) is 6. The standard InChI is InChI=1S/C16H14N8O/c1-24-12-6-3-7-17-13(12)19-14-15(24)20-16(23-21-14)22-18-9-10-4-2-5-11(25)8-10/h2-9,25H,1H3,(H,17,19,21)(H,20,22,23). The molecule has 9 nitrogen and oxygen atoms in total. The molecule has 0 fully saturated rings. The van der Waals surface area contributed by atoms with Crippen LogP contribution in [0, 0.1) is 0 Å². The van der Waals surface area contributed by atoms with Crippen LogP contribution in [0.2, 0.25) is 0 Å². The summed E-state index contributed by atoms with van der Waals surface area (Å²) < 4.78 is 0. The van der Waals surface area contributed by atoms with Crippen LogP contribution in [0.5, 0.6) is 5.75 Å². The van der Waals surface area contributed by atoms with Crippen LogP contribution in [-0.4, -0.2) is 38.5 Å². The molecule has 3 aromatic rings. The predicted octanol–water partition coefficient (Wildman–Crippen LogP) is 2.24. The van der Waals surface area contributed by atoms with Crippen LogP contribution >= 0.6 is 0 Å². The number of phenolic OH excluding ortho intramolecular Hbond substituents is 1. The Morgan fingerprint density at radius 3 is 3.00 bits per heavy atom. The molecule has 0 aliphatic carbocycles. The Kier molecular flexibility index (Phi) is 3.58. The van der Waals surface area contributed by atoms with Crippen LogP contribution in [0.3, 0.4) is 0 Å². The van der Waals surface area contributed by atoms with E-state index in [0.717, 1.165) is 11.3 Å². The average molecular weight is 334 g/mol. The normalized spacial score (nSPS) is 12.4. The third kappa shape index (κ3) is 2.90. The molecular weight excluding hydrogens is 320 g/mol. The third-order valence-corrected chi connectivity index (χ3v) is 3.62. The second-order valence-electron chi connectivity index (χ2n) is 5.33. The van der Waals surface area contributed by atoms with Crippen molar-refractivity contribution in [2.24, 2.45) is 5.10 Å². The van der Waals surface area contributed by atoms with Crippen LogP contribution in [-0.2, 0) is 0 Å². The summed E-state index contributed by atoms with van der Waals surface area (Å²) in [4.78, 5) is 10.6. The molecule has 0 unspecified atom stereocenters. The second-order valence-corrected chi connectivity index (χ2v) is 5.33. The Morgan fingerprint density at radius 1 is 1.20 bits per heavy atom. The first-order chi connectivity index (χ1) is 12.2. The molecule has 1 aliphatic heterocycles. The summed E-state index contributed by atoms with van der Waals surface area (Å²) in [6.07, 6.45) is 3.27. The molecule has 3 heterocycles. The number of aromatic nitrogens is 4. The first-order valence-corrected chi connectivity index (χ1v) is 7.49. The largest absolute Gasteiger partial charge is 0.508 e. The van der Waals surface area contributed by atoms with Crippen LogP contribution in [0.25, 0.3) is 0 Å². The van der Waals surface area contributed by atoms with Gasteiger partial charge in [0.25, 0.3) is 5.95 Å². The minimum absolute atomic E-state index is 0.177. The first kappa shape index (κ1) is 14.8. The van der Waals surface area contributed by atoms with Crippen LogP contribution in [0.15, 0.2) is 47.7 Å². The minimum Gasteiger partial charge on any atom is -0.508 e. The highest BCUT2D eigenvalue weighted by Crippen LogP contribution is 2.38. The van der Waals surface area contributed by atoms with E-state index in [1.807, 2.05) is 30.1 Å². The van der Waals surface area contributed by atoms with Crippen molar-refractivity contribution in [3.63, 3.8) is 0 Å². The maximum absolute atomic E-state index is 9.44.